The van der Waals surface area contributed by atoms with Gasteiger partial charge in [0.15, 0.2) is 0 Å². The smallest absolute Gasteiger partial charge is 0.138 e. The zero-order chi connectivity index (χ0) is 11.5. The first-order chi connectivity index (χ1) is 7.69. The molecule has 0 radical (unpaired) electrons. The molecule has 1 aromatic rings. The van der Waals surface area contributed by atoms with Crippen molar-refractivity contribution in [3.05, 3.63) is 16.1 Å². The molecule has 3 nitrogen and oxygen atoms in total. The average molecular weight is 238 g/mol. The number of likely N-dealkylation sites (tertiary alicyclic amines) is 1. The maximum Gasteiger partial charge on any atom is 0.138 e. The third-order valence-electron chi connectivity index (χ3n) is 3.13. The molecule has 2 rings (SSSR count). The number of piperidine rings is 1. The third-order valence-corrected chi connectivity index (χ3v) is 4.08. The van der Waals surface area contributed by atoms with E-state index in [0.29, 0.717) is 12.2 Å². The molecule has 1 aliphatic rings. The summed E-state index contributed by atoms with van der Waals surface area (Å²) in [7, 11) is 0. The summed E-state index contributed by atoms with van der Waals surface area (Å²) in [5, 5.41) is 3.25. The lowest BCUT2D eigenvalue weighted by Crippen LogP contribution is -2.40. The maximum atomic E-state index is 11.6. The number of thiazole rings is 1. The quantitative estimate of drug-likeness (QED) is 0.810. The normalized spacial score (nSPS) is 22.6. The van der Waals surface area contributed by atoms with Gasteiger partial charge >= 0.3 is 0 Å². The molecule has 1 aliphatic heterocycles. The minimum Gasteiger partial charge on any atom is -0.299 e. The molecule has 0 amide bonds. The van der Waals surface area contributed by atoms with Crippen molar-refractivity contribution in [3.63, 3.8) is 0 Å². The Morgan fingerprint density at radius 1 is 1.62 bits per heavy atom. The number of aromatic nitrogens is 1. The number of carbonyl (C=O) groups excluding carboxylic acids is 1. The van der Waals surface area contributed by atoms with E-state index >= 15 is 0 Å². The largest absolute Gasteiger partial charge is 0.299 e. The van der Waals surface area contributed by atoms with Gasteiger partial charge in [0.1, 0.15) is 10.8 Å². The van der Waals surface area contributed by atoms with E-state index in [0.717, 1.165) is 31.7 Å². The van der Waals surface area contributed by atoms with E-state index in [2.05, 4.69) is 22.2 Å². The van der Waals surface area contributed by atoms with Crippen molar-refractivity contribution in [2.75, 3.05) is 13.1 Å². The fraction of sp³-hybridized carbons (Fsp3) is 0.667. The zero-order valence-electron chi connectivity index (χ0n) is 9.90. The maximum absolute atomic E-state index is 11.6. The molecule has 1 fully saturated rings. The van der Waals surface area contributed by atoms with Gasteiger partial charge in [0.05, 0.1) is 6.54 Å². The molecule has 1 saturated heterocycles. The van der Waals surface area contributed by atoms with Gasteiger partial charge in [-0.3, -0.25) is 9.69 Å². The first-order valence-electron chi connectivity index (χ1n) is 5.85. The van der Waals surface area contributed by atoms with Gasteiger partial charge < -0.3 is 0 Å². The average Bonchev–Trinajstić information content (AvgIpc) is 2.67. The predicted molar refractivity (Wildman–Crippen MR) is 65.5 cm³/mol. The topological polar surface area (TPSA) is 33.2 Å². The lowest BCUT2D eigenvalue weighted by atomic mass is 9.94. The molecule has 0 aliphatic carbocycles. The second kappa shape index (κ2) is 5.06. The zero-order valence-corrected chi connectivity index (χ0v) is 10.7. The first kappa shape index (κ1) is 11.7. The van der Waals surface area contributed by atoms with Gasteiger partial charge in [0.2, 0.25) is 0 Å². The summed E-state index contributed by atoms with van der Waals surface area (Å²) in [5.41, 5.74) is 1.10. The molecule has 1 aromatic heterocycles. The minimum absolute atomic E-state index is 0.245. The number of hydrogen-bond donors (Lipinski definition) is 0. The summed E-state index contributed by atoms with van der Waals surface area (Å²) in [6.07, 6.45) is 1.68. The van der Waals surface area contributed by atoms with E-state index in [1.807, 2.05) is 6.92 Å². The van der Waals surface area contributed by atoms with Crippen LogP contribution in [0.4, 0.5) is 0 Å². The van der Waals surface area contributed by atoms with Crippen LogP contribution >= 0.6 is 11.3 Å². The monoisotopic (exact) mass is 238 g/mol. The van der Waals surface area contributed by atoms with Crippen LogP contribution in [0.15, 0.2) is 5.38 Å². The fourth-order valence-electron chi connectivity index (χ4n) is 2.14. The molecule has 4 heteroatoms. The summed E-state index contributed by atoms with van der Waals surface area (Å²) < 4.78 is 0. The second-order valence-electron chi connectivity index (χ2n) is 4.44. The molecule has 1 unspecified atom stereocenters. The van der Waals surface area contributed by atoms with Crippen molar-refractivity contribution in [2.24, 2.45) is 5.92 Å². The number of carbonyl (C=O) groups is 1. The molecule has 1 atom stereocenters. The van der Waals surface area contributed by atoms with Gasteiger partial charge in [0.25, 0.3) is 0 Å². The number of nitrogens with zero attached hydrogens (tertiary/aromatic N) is 2. The minimum atomic E-state index is 0.245. The Hall–Kier alpha value is -0.740. The van der Waals surface area contributed by atoms with E-state index < -0.39 is 0 Å². The van der Waals surface area contributed by atoms with Gasteiger partial charge in [-0.05, 0) is 13.3 Å². The molecule has 0 N–H and O–H groups in total. The van der Waals surface area contributed by atoms with Crippen molar-refractivity contribution >= 4 is 17.1 Å². The van der Waals surface area contributed by atoms with Crippen LogP contribution in [0.1, 0.15) is 30.5 Å². The van der Waals surface area contributed by atoms with Gasteiger partial charge in [0, 0.05) is 36.5 Å². The van der Waals surface area contributed by atoms with Crippen molar-refractivity contribution < 1.29 is 4.79 Å². The Morgan fingerprint density at radius 2 is 2.44 bits per heavy atom. The fourth-order valence-corrected chi connectivity index (χ4v) is 2.96. The van der Waals surface area contributed by atoms with E-state index in [9.17, 15) is 4.79 Å². The predicted octanol–water partition coefficient (Wildman–Crippen LogP) is 2.25. The van der Waals surface area contributed by atoms with Crippen molar-refractivity contribution in [1.29, 1.82) is 0 Å². The number of rotatable bonds is 3. The molecule has 0 spiro atoms. The van der Waals surface area contributed by atoms with Gasteiger partial charge in [-0.25, -0.2) is 4.98 Å². The van der Waals surface area contributed by atoms with Gasteiger partial charge in [-0.2, -0.15) is 0 Å². The molecular weight excluding hydrogens is 220 g/mol. The third kappa shape index (κ3) is 2.68. The lowest BCUT2D eigenvalue weighted by Gasteiger charge is -2.30. The Bertz CT molecular complexity index is 375. The van der Waals surface area contributed by atoms with E-state index in [1.165, 1.54) is 5.01 Å². The Kier molecular flexibility index (Phi) is 3.71. The number of ketones is 1. The highest BCUT2D eigenvalue weighted by Gasteiger charge is 2.25. The van der Waals surface area contributed by atoms with Gasteiger partial charge in [-0.15, -0.1) is 11.3 Å². The highest BCUT2D eigenvalue weighted by molar-refractivity contribution is 7.09. The van der Waals surface area contributed by atoms with Crippen LogP contribution in [0.3, 0.4) is 0 Å². The summed E-state index contributed by atoms with van der Waals surface area (Å²) in [4.78, 5) is 18.4. The summed E-state index contributed by atoms with van der Waals surface area (Å²) >= 11 is 1.72. The van der Waals surface area contributed by atoms with Crippen LogP contribution in [0.2, 0.25) is 0 Å². The number of Topliss-reactive ketones (excluding diaryl/α,β-unsaturated/α-hetero) is 1. The molecular formula is C12H18N2OS. The number of hydrogen-bond acceptors (Lipinski definition) is 4. The summed E-state index contributed by atoms with van der Waals surface area (Å²) in [6, 6.07) is 0. The Morgan fingerprint density at radius 3 is 3.06 bits per heavy atom. The van der Waals surface area contributed by atoms with Crippen molar-refractivity contribution in [3.8, 4) is 0 Å². The Balaban J connectivity index is 1.93. The van der Waals surface area contributed by atoms with Crippen LogP contribution in [0.25, 0.3) is 0 Å². The summed E-state index contributed by atoms with van der Waals surface area (Å²) in [5.74, 6) is 0.684. The van der Waals surface area contributed by atoms with Crippen molar-refractivity contribution in [1.82, 2.24) is 9.88 Å². The molecule has 88 valence electrons. The summed E-state index contributed by atoms with van der Waals surface area (Å²) in [6.45, 7) is 6.83. The highest BCUT2D eigenvalue weighted by Crippen LogP contribution is 2.19. The van der Waals surface area contributed by atoms with Crippen LogP contribution in [-0.4, -0.2) is 28.8 Å². The molecule has 2 heterocycles. The van der Waals surface area contributed by atoms with Crippen LogP contribution < -0.4 is 0 Å². The first-order valence-corrected chi connectivity index (χ1v) is 6.73. The van der Waals surface area contributed by atoms with E-state index in [4.69, 9.17) is 0 Å². The molecule has 0 aromatic carbocycles. The van der Waals surface area contributed by atoms with Crippen LogP contribution in [0.5, 0.6) is 0 Å². The SMILES string of the molecule is CCC1CN(Cc2nc(C)cs2)CCC1=O. The Labute approximate surface area is 100 Å². The van der Waals surface area contributed by atoms with E-state index in [-0.39, 0.29) is 5.92 Å². The molecule has 0 saturated carbocycles. The number of aryl methyl sites for hydroxylation is 1. The van der Waals surface area contributed by atoms with Gasteiger partial charge in [-0.1, -0.05) is 6.92 Å². The molecule has 0 bridgehead atoms. The lowest BCUT2D eigenvalue weighted by molar-refractivity contribution is -0.126. The van der Waals surface area contributed by atoms with E-state index in [1.54, 1.807) is 11.3 Å². The highest BCUT2D eigenvalue weighted by atomic mass is 32.1. The standard InChI is InChI=1S/C12H18N2OS/c1-3-10-6-14(5-4-11(10)15)7-12-13-9(2)8-16-12/h8,10H,3-7H2,1-2H3. The van der Waals surface area contributed by atoms with Crippen molar-refractivity contribution in [2.45, 2.75) is 33.2 Å². The van der Waals surface area contributed by atoms with Crippen LogP contribution in [-0.2, 0) is 11.3 Å². The van der Waals surface area contributed by atoms with Crippen LogP contribution in [0, 0.1) is 12.8 Å². The molecule has 16 heavy (non-hydrogen) atoms. The second-order valence-corrected chi connectivity index (χ2v) is 5.38.